The van der Waals surface area contributed by atoms with Crippen molar-refractivity contribution in [3.05, 3.63) is 0 Å². The molecule has 0 radical (unpaired) electrons. The summed E-state index contributed by atoms with van der Waals surface area (Å²) in [6.07, 6.45) is 5.55. The van der Waals surface area contributed by atoms with Crippen LogP contribution in [0.4, 0.5) is 9.59 Å². The largest absolute Gasteiger partial charge is 0.480 e. The third-order valence-corrected chi connectivity index (χ3v) is 5.25. The van der Waals surface area contributed by atoms with Gasteiger partial charge in [0, 0.05) is 25.9 Å². The number of carbonyl (C=O) groups excluding carboxylic acids is 2. The van der Waals surface area contributed by atoms with Crippen LogP contribution in [0.2, 0.25) is 0 Å². The highest BCUT2D eigenvalue weighted by Crippen LogP contribution is 2.27. The molecule has 8 nitrogen and oxygen atoms in total. The second-order valence-electron chi connectivity index (χ2n) is 8.85. The van der Waals surface area contributed by atoms with E-state index in [-0.39, 0.29) is 12.2 Å². The zero-order chi connectivity index (χ0) is 20.7. The van der Waals surface area contributed by atoms with Gasteiger partial charge in [-0.1, -0.05) is 32.1 Å². The van der Waals surface area contributed by atoms with Crippen molar-refractivity contribution in [1.29, 1.82) is 0 Å². The van der Waals surface area contributed by atoms with Gasteiger partial charge in [0.2, 0.25) is 0 Å². The average Bonchev–Trinajstić information content (AvgIpc) is 2.61. The van der Waals surface area contributed by atoms with E-state index in [0.717, 1.165) is 25.7 Å². The number of rotatable bonds is 5. The number of ether oxygens (including phenoxy) is 2. The molecule has 0 spiro atoms. The number of likely N-dealkylation sites (tertiary alicyclic amines) is 1. The van der Waals surface area contributed by atoms with E-state index in [1.54, 1.807) is 4.90 Å². The molecule has 0 bridgehead atoms. The summed E-state index contributed by atoms with van der Waals surface area (Å²) >= 11 is 0. The zero-order valence-electron chi connectivity index (χ0n) is 17.2. The fourth-order valence-corrected chi connectivity index (χ4v) is 3.79. The number of hydrogen-bond donors (Lipinski definition) is 2. The van der Waals surface area contributed by atoms with Crippen molar-refractivity contribution in [2.75, 3.05) is 13.1 Å². The van der Waals surface area contributed by atoms with Crippen molar-refractivity contribution < 1.29 is 29.0 Å². The molecule has 1 saturated heterocycles. The molecule has 2 amide bonds. The zero-order valence-corrected chi connectivity index (χ0v) is 17.2. The molecule has 0 aromatic heterocycles. The van der Waals surface area contributed by atoms with Crippen molar-refractivity contribution in [3.63, 3.8) is 0 Å². The van der Waals surface area contributed by atoms with Crippen LogP contribution in [-0.4, -0.2) is 59.0 Å². The molecule has 2 fully saturated rings. The number of nitrogens with zero attached hydrogens (tertiary/aromatic N) is 1. The van der Waals surface area contributed by atoms with E-state index in [9.17, 15) is 19.5 Å². The van der Waals surface area contributed by atoms with Gasteiger partial charge in [0.15, 0.2) is 0 Å². The summed E-state index contributed by atoms with van der Waals surface area (Å²) in [6, 6.07) is -0.919. The SMILES string of the molecule is CC(C)(C)OC(=O)N1CCC(OC(=O)N[C@@H](CC2CCCCC2)C(=O)O)CC1. The summed E-state index contributed by atoms with van der Waals surface area (Å²) in [5.74, 6) is -0.686. The van der Waals surface area contributed by atoms with Crippen LogP contribution in [0.5, 0.6) is 0 Å². The summed E-state index contributed by atoms with van der Waals surface area (Å²) in [6.45, 7) is 6.33. The molecule has 0 aromatic rings. The monoisotopic (exact) mass is 398 g/mol. The quantitative estimate of drug-likeness (QED) is 0.734. The summed E-state index contributed by atoms with van der Waals surface area (Å²) in [7, 11) is 0. The highest BCUT2D eigenvalue weighted by molar-refractivity contribution is 5.79. The van der Waals surface area contributed by atoms with Crippen LogP contribution in [0.15, 0.2) is 0 Å². The standard InChI is InChI=1S/C20H34N2O6/c1-20(2,3)28-19(26)22-11-9-15(10-12-22)27-18(25)21-16(17(23)24)13-14-7-5-4-6-8-14/h14-16H,4-13H2,1-3H3,(H,21,25)(H,23,24)/t16-/m0/s1. The van der Waals surface area contributed by atoms with Gasteiger partial charge in [0.25, 0.3) is 0 Å². The molecule has 1 saturated carbocycles. The normalized spacial score (nSPS) is 20.3. The Kier molecular flexibility index (Phi) is 7.95. The number of carboxylic acids is 1. The molecule has 0 unspecified atom stereocenters. The molecule has 28 heavy (non-hydrogen) atoms. The molecule has 2 rings (SSSR count). The predicted octanol–water partition coefficient (Wildman–Crippen LogP) is 3.54. The Balaban J connectivity index is 1.74. The molecule has 160 valence electrons. The predicted molar refractivity (Wildman–Crippen MR) is 103 cm³/mol. The lowest BCUT2D eigenvalue weighted by atomic mass is 9.85. The maximum atomic E-state index is 12.2. The molecule has 1 atom stereocenters. The highest BCUT2D eigenvalue weighted by atomic mass is 16.6. The molecular weight excluding hydrogens is 364 g/mol. The third kappa shape index (κ3) is 7.56. The van der Waals surface area contributed by atoms with Gasteiger partial charge in [-0.3, -0.25) is 0 Å². The van der Waals surface area contributed by atoms with Crippen molar-refractivity contribution in [2.24, 2.45) is 5.92 Å². The van der Waals surface area contributed by atoms with Gasteiger partial charge in [0.05, 0.1) is 0 Å². The summed E-state index contributed by atoms with van der Waals surface area (Å²) in [5.41, 5.74) is -0.547. The van der Waals surface area contributed by atoms with E-state index < -0.39 is 23.7 Å². The van der Waals surface area contributed by atoms with Crippen LogP contribution in [0.3, 0.4) is 0 Å². The maximum Gasteiger partial charge on any atom is 0.410 e. The Morgan fingerprint density at radius 2 is 1.68 bits per heavy atom. The lowest BCUT2D eigenvalue weighted by Crippen LogP contribution is -2.46. The fourth-order valence-electron chi connectivity index (χ4n) is 3.79. The topological polar surface area (TPSA) is 105 Å². The first-order valence-corrected chi connectivity index (χ1v) is 10.3. The average molecular weight is 399 g/mol. The summed E-state index contributed by atoms with van der Waals surface area (Å²) < 4.78 is 10.7. The van der Waals surface area contributed by atoms with E-state index >= 15 is 0 Å². The molecule has 1 aliphatic carbocycles. The Hall–Kier alpha value is -1.99. The van der Waals surface area contributed by atoms with Crippen LogP contribution in [0.1, 0.15) is 72.1 Å². The third-order valence-electron chi connectivity index (χ3n) is 5.25. The smallest absolute Gasteiger partial charge is 0.410 e. The highest BCUT2D eigenvalue weighted by Gasteiger charge is 2.30. The minimum atomic E-state index is -1.03. The van der Waals surface area contributed by atoms with Gasteiger partial charge in [-0.25, -0.2) is 14.4 Å². The van der Waals surface area contributed by atoms with Crippen LogP contribution in [-0.2, 0) is 14.3 Å². The van der Waals surface area contributed by atoms with E-state index in [1.165, 1.54) is 6.42 Å². The minimum Gasteiger partial charge on any atom is -0.480 e. The van der Waals surface area contributed by atoms with E-state index in [1.807, 2.05) is 20.8 Å². The first-order valence-electron chi connectivity index (χ1n) is 10.3. The van der Waals surface area contributed by atoms with Crippen LogP contribution in [0, 0.1) is 5.92 Å². The Morgan fingerprint density at radius 1 is 1.07 bits per heavy atom. The van der Waals surface area contributed by atoms with Gasteiger partial charge in [0.1, 0.15) is 17.7 Å². The van der Waals surface area contributed by atoms with Crippen LogP contribution >= 0.6 is 0 Å². The van der Waals surface area contributed by atoms with Gasteiger partial charge in [-0.2, -0.15) is 0 Å². The van der Waals surface area contributed by atoms with E-state index in [2.05, 4.69) is 5.32 Å². The van der Waals surface area contributed by atoms with Crippen molar-refractivity contribution in [3.8, 4) is 0 Å². The van der Waals surface area contributed by atoms with Crippen molar-refractivity contribution >= 4 is 18.2 Å². The summed E-state index contributed by atoms with van der Waals surface area (Å²) in [4.78, 5) is 37.3. The Bertz CT molecular complexity index is 545. The number of aliphatic carboxylic acids is 1. The van der Waals surface area contributed by atoms with Crippen LogP contribution < -0.4 is 5.32 Å². The van der Waals surface area contributed by atoms with Crippen molar-refractivity contribution in [1.82, 2.24) is 10.2 Å². The molecule has 2 aliphatic rings. The van der Waals surface area contributed by atoms with E-state index in [4.69, 9.17) is 9.47 Å². The molecule has 8 heteroatoms. The van der Waals surface area contributed by atoms with Crippen molar-refractivity contribution in [2.45, 2.75) is 89.9 Å². The van der Waals surface area contributed by atoms with Gasteiger partial charge in [-0.15, -0.1) is 0 Å². The summed E-state index contributed by atoms with van der Waals surface area (Å²) in [5, 5.41) is 11.9. The number of carboxylic acid groups (broad SMARTS) is 1. The Labute approximate surface area is 166 Å². The molecule has 1 heterocycles. The lowest BCUT2D eigenvalue weighted by Gasteiger charge is -2.33. The van der Waals surface area contributed by atoms with E-state index in [0.29, 0.717) is 38.3 Å². The number of hydrogen-bond acceptors (Lipinski definition) is 5. The fraction of sp³-hybridized carbons (Fsp3) is 0.850. The van der Waals surface area contributed by atoms with Gasteiger partial charge >= 0.3 is 18.2 Å². The Morgan fingerprint density at radius 3 is 2.21 bits per heavy atom. The number of amides is 2. The number of piperidine rings is 1. The van der Waals surface area contributed by atoms with Gasteiger partial charge in [-0.05, 0) is 33.1 Å². The molecule has 2 N–H and O–H groups in total. The second-order valence-corrected chi connectivity index (χ2v) is 8.85. The molecule has 0 aromatic carbocycles. The van der Waals surface area contributed by atoms with Crippen LogP contribution in [0.25, 0.3) is 0 Å². The second kappa shape index (κ2) is 9.98. The lowest BCUT2D eigenvalue weighted by molar-refractivity contribution is -0.140. The number of alkyl carbamates (subject to hydrolysis) is 1. The molecule has 1 aliphatic heterocycles. The minimum absolute atomic E-state index is 0.331. The van der Waals surface area contributed by atoms with Gasteiger partial charge < -0.3 is 24.8 Å². The maximum absolute atomic E-state index is 12.2. The first-order chi connectivity index (χ1) is 13.1. The first kappa shape index (κ1) is 22.3. The number of carbonyl (C=O) groups is 3. The molecular formula is C20H34N2O6. The number of nitrogens with one attached hydrogen (secondary N) is 1.